The Balaban J connectivity index is 0.00000220. The Kier molecular flexibility index (Phi) is 6.05. The van der Waals surface area contributed by atoms with Crippen LogP contribution in [0.5, 0.6) is 5.75 Å². The maximum atomic E-state index is 12.4. The van der Waals surface area contributed by atoms with Crippen molar-refractivity contribution in [1.82, 2.24) is 10.6 Å². The highest BCUT2D eigenvalue weighted by atomic mass is 35.5. The van der Waals surface area contributed by atoms with Crippen molar-refractivity contribution in [2.45, 2.75) is 33.2 Å². The maximum Gasteiger partial charge on any atom is 0.227 e. The van der Waals surface area contributed by atoms with E-state index in [-0.39, 0.29) is 29.8 Å². The molecule has 2 unspecified atom stereocenters. The van der Waals surface area contributed by atoms with Crippen molar-refractivity contribution >= 4 is 18.3 Å². The molecule has 118 valence electrons. The molecule has 1 saturated heterocycles. The number of benzene rings is 1. The van der Waals surface area contributed by atoms with E-state index in [4.69, 9.17) is 4.74 Å². The summed E-state index contributed by atoms with van der Waals surface area (Å²) in [5, 5.41) is 6.37. The molecule has 1 aliphatic heterocycles. The summed E-state index contributed by atoms with van der Waals surface area (Å²) in [7, 11) is 1.66. The fourth-order valence-electron chi connectivity index (χ4n) is 2.65. The summed E-state index contributed by atoms with van der Waals surface area (Å²) in [6, 6.07) is 5.97. The Morgan fingerprint density at radius 3 is 2.76 bits per heavy atom. The van der Waals surface area contributed by atoms with Gasteiger partial charge in [-0.05, 0) is 39.8 Å². The highest BCUT2D eigenvalue weighted by molar-refractivity contribution is 5.85. The maximum absolute atomic E-state index is 12.4. The summed E-state index contributed by atoms with van der Waals surface area (Å²) in [4.78, 5) is 12.4. The van der Waals surface area contributed by atoms with Crippen LogP contribution in [0.4, 0.5) is 0 Å². The number of halogens is 1. The van der Waals surface area contributed by atoms with E-state index >= 15 is 0 Å². The van der Waals surface area contributed by atoms with Crippen LogP contribution in [0.1, 0.15) is 37.4 Å². The Bertz CT molecular complexity index is 499. The van der Waals surface area contributed by atoms with Gasteiger partial charge in [0.05, 0.1) is 18.6 Å². The zero-order valence-electron chi connectivity index (χ0n) is 13.2. The first-order valence-electron chi connectivity index (χ1n) is 7.12. The van der Waals surface area contributed by atoms with Crippen molar-refractivity contribution in [2.24, 2.45) is 5.41 Å². The third-order valence-electron chi connectivity index (χ3n) is 4.12. The van der Waals surface area contributed by atoms with Gasteiger partial charge >= 0.3 is 0 Å². The largest absolute Gasteiger partial charge is 0.496 e. The number of ether oxygens (including phenoxy) is 1. The lowest BCUT2D eigenvalue weighted by Gasteiger charge is -2.25. The van der Waals surface area contributed by atoms with Crippen LogP contribution in [0.3, 0.4) is 0 Å². The quantitative estimate of drug-likeness (QED) is 0.898. The van der Waals surface area contributed by atoms with Gasteiger partial charge < -0.3 is 15.4 Å². The summed E-state index contributed by atoms with van der Waals surface area (Å²) in [6.45, 7) is 7.71. The lowest BCUT2D eigenvalue weighted by Crippen LogP contribution is -2.41. The average Bonchev–Trinajstić information content (AvgIpc) is 2.87. The molecule has 0 aliphatic carbocycles. The SMILES string of the molecule is COc1ccc(C)cc1C(C)NC(=O)C1(C)CCNC1.Cl. The Labute approximate surface area is 133 Å². The topological polar surface area (TPSA) is 50.4 Å². The predicted octanol–water partition coefficient (Wildman–Crippen LogP) is 2.60. The minimum absolute atomic E-state index is 0. The van der Waals surface area contributed by atoms with E-state index in [1.807, 2.05) is 32.9 Å². The van der Waals surface area contributed by atoms with Crippen molar-refractivity contribution < 1.29 is 9.53 Å². The minimum Gasteiger partial charge on any atom is -0.496 e. The summed E-state index contributed by atoms with van der Waals surface area (Å²) >= 11 is 0. The van der Waals surface area contributed by atoms with Gasteiger partial charge in [-0.1, -0.05) is 17.7 Å². The number of methoxy groups -OCH3 is 1. The third kappa shape index (κ3) is 3.89. The van der Waals surface area contributed by atoms with Crippen LogP contribution >= 0.6 is 12.4 Å². The summed E-state index contributed by atoms with van der Waals surface area (Å²) in [5.41, 5.74) is 1.89. The van der Waals surface area contributed by atoms with Gasteiger partial charge in [0.1, 0.15) is 5.75 Å². The van der Waals surface area contributed by atoms with Gasteiger partial charge in [-0.25, -0.2) is 0 Å². The van der Waals surface area contributed by atoms with Crippen molar-refractivity contribution in [3.63, 3.8) is 0 Å². The molecule has 5 heteroatoms. The molecule has 21 heavy (non-hydrogen) atoms. The van der Waals surface area contributed by atoms with Crippen molar-refractivity contribution in [3.05, 3.63) is 29.3 Å². The van der Waals surface area contributed by atoms with Crippen LogP contribution in [0.2, 0.25) is 0 Å². The molecule has 1 amide bonds. The molecule has 1 fully saturated rings. The lowest BCUT2D eigenvalue weighted by atomic mass is 9.88. The second-order valence-corrected chi connectivity index (χ2v) is 5.93. The number of aryl methyl sites for hydroxylation is 1. The Morgan fingerprint density at radius 2 is 2.19 bits per heavy atom. The van der Waals surface area contributed by atoms with E-state index in [9.17, 15) is 4.79 Å². The second-order valence-electron chi connectivity index (χ2n) is 5.93. The molecule has 0 saturated carbocycles. The smallest absolute Gasteiger partial charge is 0.227 e. The third-order valence-corrected chi connectivity index (χ3v) is 4.12. The van der Waals surface area contributed by atoms with Crippen LogP contribution in [0, 0.1) is 12.3 Å². The van der Waals surface area contributed by atoms with E-state index < -0.39 is 0 Å². The molecular formula is C16H25ClN2O2. The predicted molar refractivity (Wildman–Crippen MR) is 87.1 cm³/mol. The van der Waals surface area contributed by atoms with Gasteiger partial charge in [0, 0.05) is 12.1 Å². The average molecular weight is 313 g/mol. The van der Waals surface area contributed by atoms with Crippen LogP contribution in [0.25, 0.3) is 0 Å². The van der Waals surface area contributed by atoms with Crippen molar-refractivity contribution in [3.8, 4) is 5.75 Å². The molecular weight excluding hydrogens is 288 g/mol. The van der Waals surface area contributed by atoms with Gasteiger partial charge in [0.25, 0.3) is 0 Å². The van der Waals surface area contributed by atoms with Gasteiger partial charge in [0.2, 0.25) is 5.91 Å². The molecule has 2 atom stereocenters. The first-order chi connectivity index (χ1) is 9.46. The Hall–Kier alpha value is -1.26. The monoisotopic (exact) mass is 312 g/mol. The van der Waals surface area contributed by atoms with Gasteiger partial charge in [-0.2, -0.15) is 0 Å². The molecule has 4 nitrogen and oxygen atoms in total. The number of amides is 1. The molecule has 1 aromatic rings. The number of hydrogen-bond donors (Lipinski definition) is 2. The first-order valence-corrected chi connectivity index (χ1v) is 7.12. The summed E-state index contributed by atoms with van der Waals surface area (Å²) in [6.07, 6.45) is 0.885. The lowest BCUT2D eigenvalue weighted by molar-refractivity contribution is -0.129. The molecule has 1 heterocycles. The highest BCUT2D eigenvalue weighted by Crippen LogP contribution is 2.29. The van der Waals surface area contributed by atoms with E-state index in [0.717, 1.165) is 36.4 Å². The van der Waals surface area contributed by atoms with Crippen LogP contribution < -0.4 is 15.4 Å². The van der Waals surface area contributed by atoms with E-state index in [0.29, 0.717) is 0 Å². The Morgan fingerprint density at radius 1 is 1.48 bits per heavy atom. The zero-order chi connectivity index (χ0) is 14.8. The normalized spacial score (nSPS) is 22.3. The summed E-state index contributed by atoms with van der Waals surface area (Å²) in [5.74, 6) is 0.927. The first kappa shape index (κ1) is 17.8. The number of carbonyl (C=O) groups excluding carboxylic acids is 1. The molecule has 1 aliphatic rings. The second kappa shape index (κ2) is 7.14. The standard InChI is InChI=1S/C16H24N2O2.ClH/c1-11-5-6-14(20-4)13(9-11)12(2)18-15(19)16(3)7-8-17-10-16;/h5-6,9,12,17H,7-8,10H2,1-4H3,(H,18,19);1H. The molecule has 0 bridgehead atoms. The number of carbonyl (C=O) groups is 1. The molecule has 0 radical (unpaired) electrons. The molecule has 0 spiro atoms. The zero-order valence-corrected chi connectivity index (χ0v) is 14.0. The fourth-order valence-corrected chi connectivity index (χ4v) is 2.65. The van der Waals surface area contributed by atoms with Gasteiger partial charge in [-0.15, -0.1) is 12.4 Å². The molecule has 2 rings (SSSR count). The van der Waals surface area contributed by atoms with Crippen LogP contribution in [-0.2, 0) is 4.79 Å². The van der Waals surface area contributed by atoms with Gasteiger partial charge in [-0.3, -0.25) is 4.79 Å². The van der Waals surface area contributed by atoms with Crippen LogP contribution in [0.15, 0.2) is 18.2 Å². The minimum atomic E-state index is -0.300. The number of nitrogens with one attached hydrogen (secondary N) is 2. The van der Waals surface area contributed by atoms with Crippen LogP contribution in [-0.4, -0.2) is 26.1 Å². The van der Waals surface area contributed by atoms with E-state index in [2.05, 4.69) is 16.7 Å². The fraction of sp³-hybridized carbons (Fsp3) is 0.562. The van der Waals surface area contributed by atoms with Crippen molar-refractivity contribution in [2.75, 3.05) is 20.2 Å². The highest BCUT2D eigenvalue weighted by Gasteiger charge is 2.36. The van der Waals surface area contributed by atoms with Gasteiger partial charge in [0.15, 0.2) is 0 Å². The number of rotatable bonds is 4. The molecule has 0 aromatic heterocycles. The molecule has 2 N–H and O–H groups in total. The number of hydrogen-bond acceptors (Lipinski definition) is 3. The molecule has 1 aromatic carbocycles. The van der Waals surface area contributed by atoms with Crippen molar-refractivity contribution in [1.29, 1.82) is 0 Å². The summed E-state index contributed by atoms with van der Waals surface area (Å²) < 4.78 is 5.39. The van der Waals surface area contributed by atoms with E-state index in [1.54, 1.807) is 7.11 Å². The van der Waals surface area contributed by atoms with E-state index in [1.165, 1.54) is 0 Å².